The standard InChI is InChI=1S/C27H32FN3O3S/c1-14-8-19-18-6-4-16-9-20-15(12-30-31(20)17-5-7-22(28)29-13-17)10-25(16,2)23(18)21(32)11-26(19,3)27(14,34)24(33)35/h5,7,9,12-14,18-19,21,23,32,34H,4,6,8,10-11H2,1-3H3,(H,33,35)/t14-,18+,19?,21+,23?,25+,26+,27+/m1/s1. The van der Waals surface area contributed by atoms with E-state index >= 15 is 0 Å². The fourth-order valence-corrected chi connectivity index (χ4v) is 9.15. The summed E-state index contributed by atoms with van der Waals surface area (Å²) < 4.78 is 15.2. The maximum absolute atomic E-state index is 13.4. The van der Waals surface area contributed by atoms with Gasteiger partial charge in [-0.15, -0.1) is 12.6 Å². The van der Waals surface area contributed by atoms with Crippen molar-refractivity contribution in [3.05, 3.63) is 47.3 Å². The SMILES string of the molecule is C[C@@H]1CC2[C@@H]3CCC4=Cc5c(cnn5-c5ccc(F)nc5)C[C@]4(C)C3[C@@H](O)C[C@]2(C)[C@@]1(O)C(=O)S. The van der Waals surface area contributed by atoms with Crippen LogP contribution >= 0.6 is 12.6 Å². The molecule has 2 heterocycles. The molecular formula is C27H32FN3O3S. The van der Waals surface area contributed by atoms with E-state index in [0.717, 1.165) is 36.9 Å². The Morgan fingerprint density at radius 2 is 2.06 bits per heavy atom. The van der Waals surface area contributed by atoms with Crippen LogP contribution in [0.5, 0.6) is 0 Å². The number of aliphatic hydroxyl groups is 2. The molecule has 8 atom stereocenters. The molecule has 0 bridgehead atoms. The van der Waals surface area contributed by atoms with Crippen LogP contribution in [0, 0.1) is 40.4 Å². The number of carbonyl (C=O) groups is 1. The predicted molar refractivity (Wildman–Crippen MR) is 132 cm³/mol. The molecule has 0 radical (unpaired) electrons. The summed E-state index contributed by atoms with van der Waals surface area (Å²) in [7, 11) is 0. The molecule has 4 aliphatic carbocycles. The second-order valence-corrected chi connectivity index (χ2v) is 12.2. The van der Waals surface area contributed by atoms with Gasteiger partial charge in [0, 0.05) is 5.41 Å². The fraction of sp³-hybridized carbons (Fsp3) is 0.593. The topological polar surface area (TPSA) is 88.2 Å². The van der Waals surface area contributed by atoms with Crippen molar-refractivity contribution in [3.63, 3.8) is 0 Å². The van der Waals surface area contributed by atoms with Crippen LogP contribution in [0.25, 0.3) is 11.8 Å². The minimum Gasteiger partial charge on any atom is -0.393 e. The maximum Gasteiger partial charge on any atom is 0.218 e. The lowest BCUT2D eigenvalue weighted by atomic mass is 9.45. The molecule has 2 aromatic heterocycles. The third-order valence-corrected chi connectivity index (χ3v) is 10.6. The summed E-state index contributed by atoms with van der Waals surface area (Å²) in [5, 5.41) is 27.3. The maximum atomic E-state index is 13.4. The van der Waals surface area contributed by atoms with Gasteiger partial charge in [0.25, 0.3) is 0 Å². The molecule has 0 aromatic carbocycles. The largest absolute Gasteiger partial charge is 0.393 e. The van der Waals surface area contributed by atoms with Crippen LogP contribution in [0.15, 0.2) is 30.1 Å². The number of rotatable bonds is 2. The normalized spacial score (nSPS) is 41.9. The molecule has 0 saturated heterocycles. The molecule has 3 saturated carbocycles. The van der Waals surface area contributed by atoms with Gasteiger partial charge in [-0.2, -0.15) is 9.49 Å². The molecule has 2 N–H and O–H groups in total. The van der Waals surface area contributed by atoms with Gasteiger partial charge in [-0.05, 0) is 85.0 Å². The average molecular weight is 498 g/mol. The number of carbonyl (C=O) groups excluding carboxylic acids is 1. The monoisotopic (exact) mass is 497 g/mol. The van der Waals surface area contributed by atoms with Gasteiger partial charge in [0.05, 0.1) is 29.9 Å². The molecule has 8 heteroatoms. The van der Waals surface area contributed by atoms with Gasteiger partial charge in [-0.1, -0.05) is 26.3 Å². The number of thiol groups is 1. The highest BCUT2D eigenvalue weighted by Gasteiger charge is 2.70. The second-order valence-electron chi connectivity index (χ2n) is 11.8. The number of halogens is 1. The number of hydrogen-bond acceptors (Lipinski definition) is 5. The van der Waals surface area contributed by atoms with Gasteiger partial charge >= 0.3 is 0 Å². The van der Waals surface area contributed by atoms with Crippen LogP contribution in [0.1, 0.15) is 57.7 Å². The Morgan fingerprint density at radius 3 is 2.74 bits per heavy atom. The summed E-state index contributed by atoms with van der Waals surface area (Å²) in [6.07, 6.45) is 8.66. The van der Waals surface area contributed by atoms with Gasteiger partial charge in [-0.25, -0.2) is 9.67 Å². The molecule has 35 heavy (non-hydrogen) atoms. The van der Waals surface area contributed by atoms with Crippen LogP contribution in [-0.4, -0.2) is 41.8 Å². The lowest BCUT2D eigenvalue weighted by molar-refractivity contribution is -0.177. The molecule has 0 amide bonds. The van der Waals surface area contributed by atoms with E-state index in [-0.39, 0.29) is 29.1 Å². The number of pyridine rings is 1. The van der Waals surface area contributed by atoms with Gasteiger partial charge in [0.1, 0.15) is 5.60 Å². The van der Waals surface area contributed by atoms with Crippen LogP contribution in [0.3, 0.4) is 0 Å². The number of allylic oxidation sites excluding steroid dienone is 1. The van der Waals surface area contributed by atoms with E-state index in [1.165, 1.54) is 17.8 Å². The van der Waals surface area contributed by atoms with Crippen molar-refractivity contribution in [1.29, 1.82) is 0 Å². The Hall–Kier alpha value is -2.03. The molecule has 0 aliphatic heterocycles. The zero-order valence-corrected chi connectivity index (χ0v) is 21.2. The van der Waals surface area contributed by atoms with Crippen molar-refractivity contribution in [2.45, 2.75) is 64.6 Å². The summed E-state index contributed by atoms with van der Waals surface area (Å²) in [4.78, 5) is 16.3. The molecule has 4 aliphatic rings. The van der Waals surface area contributed by atoms with E-state index in [0.29, 0.717) is 12.1 Å². The highest BCUT2D eigenvalue weighted by molar-refractivity contribution is 7.96. The van der Waals surface area contributed by atoms with Crippen molar-refractivity contribution >= 4 is 23.8 Å². The van der Waals surface area contributed by atoms with E-state index < -0.39 is 28.2 Å². The minimum atomic E-state index is -1.52. The minimum absolute atomic E-state index is 0.0362. The molecular weight excluding hydrogens is 465 g/mol. The van der Waals surface area contributed by atoms with Crippen LogP contribution < -0.4 is 0 Å². The molecule has 6 rings (SSSR count). The first-order chi connectivity index (χ1) is 16.5. The first-order valence-corrected chi connectivity index (χ1v) is 13.0. The Kier molecular flexibility index (Phi) is 5.00. The number of fused-ring (bicyclic) bond motifs is 6. The Balaban J connectivity index is 1.39. The quantitative estimate of drug-likeness (QED) is 0.431. The van der Waals surface area contributed by atoms with Crippen molar-refractivity contribution in [1.82, 2.24) is 14.8 Å². The summed E-state index contributed by atoms with van der Waals surface area (Å²) in [5.41, 5.74) is 1.66. The first-order valence-electron chi connectivity index (χ1n) is 12.5. The average Bonchev–Trinajstić information content (AvgIpc) is 3.29. The van der Waals surface area contributed by atoms with Crippen LogP contribution in [0.4, 0.5) is 4.39 Å². The predicted octanol–water partition coefficient (Wildman–Crippen LogP) is 3.99. The van der Waals surface area contributed by atoms with Crippen LogP contribution in [0.2, 0.25) is 0 Å². The third-order valence-electron chi connectivity index (χ3n) is 10.3. The molecule has 3 fully saturated rings. The Morgan fingerprint density at radius 1 is 1.29 bits per heavy atom. The van der Waals surface area contributed by atoms with Crippen molar-refractivity contribution in [2.24, 2.45) is 34.5 Å². The van der Waals surface area contributed by atoms with Crippen molar-refractivity contribution < 1.29 is 19.4 Å². The summed E-state index contributed by atoms with van der Waals surface area (Å²) in [5.74, 6) is -0.314. The van der Waals surface area contributed by atoms with E-state index in [1.54, 1.807) is 6.07 Å². The molecule has 6 nitrogen and oxygen atoms in total. The van der Waals surface area contributed by atoms with E-state index in [1.807, 2.05) is 24.7 Å². The summed E-state index contributed by atoms with van der Waals surface area (Å²) in [6, 6.07) is 3.01. The molecule has 2 unspecified atom stereocenters. The van der Waals surface area contributed by atoms with E-state index in [2.05, 4.69) is 35.7 Å². The van der Waals surface area contributed by atoms with Crippen molar-refractivity contribution in [2.75, 3.05) is 0 Å². The van der Waals surface area contributed by atoms with E-state index in [9.17, 15) is 19.4 Å². The summed E-state index contributed by atoms with van der Waals surface area (Å²) >= 11 is 4.10. The fourth-order valence-electron chi connectivity index (χ4n) is 8.67. The molecule has 2 aromatic rings. The third kappa shape index (κ3) is 2.93. The number of aromatic nitrogens is 3. The molecule has 0 spiro atoms. The van der Waals surface area contributed by atoms with Gasteiger partial charge in [-0.3, -0.25) is 4.79 Å². The second kappa shape index (κ2) is 7.49. The van der Waals surface area contributed by atoms with Crippen LogP contribution in [-0.2, 0) is 11.2 Å². The molecule has 186 valence electrons. The first kappa shape index (κ1) is 23.4. The zero-order valence-electron chi connectivity index (χ0n) is 20.3. The zero-order chi connectivity index (χ0) is 24.9. The van der Waals surface area contributed by atoms with Gasteiger partial charge in [0.15, 0.2) is 0 Å². The number of nitrogens with zero attached hydrogens (tertiary/aromatic N) is 3. The highest BCUT2D eigenvalue weighted by atomic mass is 32.1. The Labute approximate surface area is 210 Å². The highest BCUT2D eigenvalue weighted by Crippen LogP contribution is 2.68. The Bertz CT molecular complexity index is 1240. The number of aliphatic hydroxyl groups excluding tert-OH is 1. The van der Waals surface area contributed by atoms with E-state index in [4.69, 9.17) is 0 Å². The number of hydrogen-bond donors (Lipinski definition) is 3. The van der Waals surface area contributed by atoms with Gasteiger partial charge < -0.3 is 10.2 Å². The van der Waals surface area contributed by atoms with Crippen molar-refractivity contribution in [3.8, 4) is 5.69 Å². The van der Waals surface area contributed by atoms with Gasteiger partial charge in [0.2, 0.25) is 11.1 Å². The smallest absolute Gasteiger partial charge is 0.218 e. The lowest BCUT2D eigenvalue weighted by Gasteiger charge is -2.60. The summed E-state index contributed by atoms with van der Waals surface area (Å²) in [6.45, 7) is 6.19. The lowest BCUT2D eigenvalue weighted by Crippen LogP contribution is -2.62.